The van der Waals surface area contributed by atoms with Crippen LogP contribution in [0.1, 0.15) is 21.6 Å². The van der Waals surface area contributed by atoms with Gasteiger partial charge in [-0.05, 0) is 47.0 Å². The van der Waals surface area contributed by atoms with Crippen molar-refractivity contribution in [2.75, 3.05) is 18.9 Å². The molecule has 0 saturated carbocycles. The number of hydrogen-bond donors (Lipinski definition) is 2. The summed E-state index contributed by atoms with van der Waals surface area (Å²) in [5.41, 5.74) is 3.23. The van der Waals surface area contributed by atoms with Gasteiger partial charge in [0.15, 0.2) is 0 Å². The van der Waals surface area contributed by atoms with E-state index in [0.29, 0.717) is 5.69 Å². The Morgan fingerprint density at radius 1 is 1.27 bits per heavy atom. The van der Waals surface area contributed by atoms with E-state index in [-0.39, 0.29) is 18.4 Å². The lowest BCUT2D eigenvalue weighted by Crippen LogP contribution is -2.35. The molecule has 2 N–H and O–H groups in total. The lowest BCUT2D eigenvalue weighted by Gasteiger charge is -2.17. The maximum Gasteiger partial charge on any atom is 0.270 e. The number of anilines is 1. The van der Waals surface area contributed by atoms with Crippen molar-refractivity contribution in [2.45, 2.75) is 13.8 Å². The summed E-state index contributed by atoms with van der Waals surface area (Å²) in [7, 11) is 1.60. The molecule has 0 atom stereocenters. The van der Waals surface area contributed by atoms with Crippen LogP contribution in [-0.2, 0) is 4.79 Å². The number of carbonyl (C=O) groups excluding carboxylic acids is 2. The number of H-pyrrole nitrogens is 1. The van der Waals surface area contributed by atoms with Crippen LogP contribution in [0.5, 0.6) is 0 Å². The molecule has 0 unspecified atom stereocenters. The number of halogens is 1. The van der Waals surface area contributed by atoms with Crippen molar-refractivity contribution < 1.29 is 9.59 Å². The number of hydrogen-bond acceptors (Lipinski definition) is 2. The predicted octanol–water partition coefficient (Wildman–Crippen LogP) is 3.10. The Labute approximate surface area is 137 Å². The molecule has 2 amide bonds. The summed E-state index contributed by atoms with van der Waals surface area (Å²) in [6, 6.07) is 7.50. The van der Waals surface area contributed by atoms with E-state index in [1.165, 1.54) is 4.90 Å². The fourth-order valence-corrected chi connectivity index (χ4v) is 2.52. The molecule has 116 valence electrons. The fourth-order valence-electron chi connectivity index (χ4n) is 2.17. The molecule has 0 spiro atoms. The van der Waals surface area contributed by atoms with Gasteiger partial charge in [0.2, 0.25) is 5.91 Å². The van der Waals surface area contributed by atoms with Gasteiger partial charge in [-0.2, -0.15) is 0 Å². The van der Waals surface area contributed by atoms with Gasteiger partial charge >= 0.3 is 0 Å². The molecule has 0 aliphatic carbocycles. The van der Waals surface area contributed by atoms with Crippen LogP contribution in [0.15, 0.2) is 34.9 Å². The maximum atomic E-state index is 12.2. The monoisotopic (exact) mass is 363 g/mol. The third kappa shape index (κ3) is 3.76. The third-order valence-electron chi connectivity index (χ3n) is 3.35. The van der Waals surface area contributed by atoms with Crippen LogP contribution >= 0.6 is 15.9 Å². The first-order valence-electron chi connectivity index (χ1n) is 6.84. The number of nitrogens with one attached hydrogen (secondary N) is 2. The topological polar surface area (TPSA) is 65.2 Å². The summed E-state index contributed by atoms with van der Waals surface area (Å²) in [5.74, 6) is -0.457. The Morgan fingerprint density at radius 3 is 2.45 bits per heavy atom. The molecule has 0 aliphatic heterocycles. The second-order valence-corrected chi connectivity index (χ2v) is 6.12. The maximum absolute atomic E-state index is 12.2. The van der Waals surface area contributed by atoms with Crippen LogP contribution < -0.4 is 5.32 Å². The van der Waals surface area contributed by atoms with Crippen LogP contribution in [0.25, 0.3) is 0 Å². The largest absolute Gasteiger partial charge is 0.356 e. The van der Waals surface area contributed by atoms with Crippen molar-refractivity contribution in [3.63, 3.8) is 0 Å². The minimum Gasteiger partial charge on any atom is -0.356 e. The standard InChI is InChI=1S/C16H18BrN3O2/c1-10-5-4-6-11(2)15(10)19-14(21)9-20(3)16(22)13-7-12(17)8-18-13/h4-8,18H,9H2,1-3H3,(H,19,21). The van der Waals surface area contributed by atoms with Gasteiger partial charge in [-0.3, -0.25) is 9.59 Å². The van der Waals surface area contributed by atoms with Crippen molar-refractivity contribution in [3.05, 3.63) is 51.8 Å². The third-order valence-corrected chi connectivity index (χ3v) is 3.81. The number of nitrogens with zero attached hydrogens (tertiary/aromatic N) is 1. The number of para-hydroxylation sites is 1. The molecule has 5 nitrogen and oxygen atoms in total. The van der Waals surface area contributed by atoms with E-state index in [1.807, 2.05) is 32.0 Å². The van der Waals surface area contributed by atoms with E-state index in [1.54, 1.807) is 19.3 Å². The first-order chi connectivity index (χ1) is 10.4. The molecule has 6 heteroatoms. The van der Waals surface area contributed by atoms with Crippen molar-refractivity contribution in [1.29, 1.82) is 0 Å². The quantitative estimate of drug-likeness (QED) is 0.876. The highest BCUT2D eigenvalue weighted by Crippen LogP contribution is 2.19. The molecule has 0 bridgehead atoms. The number of aryl methyl sites for hydroxylation is 2. The van der Waals surface area contributed by atoms with Gasteiger partial charge in [0.05, 0.1) is 6.54 Å². The minimum atomic E-state index is -0.234. The van der Waals surface area contributed by atoms with Crippen LogP contribution in [0.3, 0.4) is 0 Å². The number of likely N-dealkylation sites (N-methyl/N-ethyl adjacent to an activating group) is 1. The highest BCUT2D eigenvalue weighted by molar-refractivity contribution is 9.10. The Bertz CT molecular complexity index is 689. The molecule has 22 heavy (non-hydrogen) atoms. The van der Waals surface area contributed by atoms with Crippen LogP contribution in [0.2, 0.25) is 0 Å². The Balaban J connectivity index is 2.01. The van der Waals surface area contributed by atoms with Gasteiger partial charge in [-0.1, -0.05) is 18.2 Å². The summed E-state index contributed by atoms with van der Waals surface area (Å²) in [5, 5.41) is 2.87. The highest BCUT2D eigenvalue weighted by atomic mass is 79.9. The van der Waals surface area contributed by atoms with Gasteiger partial charge in [-0.15, -0.1) is 0 Å². The zero-order valence-corrected chi connectivity index (χ0v) is 14.3. The Hall–Kier alpha value is -2.08. The second kappa shape index (κ2) is 6.79. The molecule has 0 radical (unpaired) electrons. The van der Waals surface area contributed by atoms with E-state index in [4.69, 9.17) is 0 Å². The summed E-state index contributed by atoms with van der Waals surface area (Å²) < 4.78 is 0.796. The van der Waals surface area contributed by atoms with Gasteiger partial charge in [0.1, 0.15) is 5.69 Å². The van der Waals surface area contributed by atoms with E-state index in [0.717, 1.165) is 21.3 Å². The SMILES string of the molecule is Cc1cccc(C)c1NC(=O)CN(C)C(=O)c1cc(Br)c[nH]1. The average molecular weight is 364 g/mol. The fraction of sp³-hybridized carbons (Fsp3) is 0.250. The summed E-state index contributed by atoms with van der Waals surface area (Å²) >= 11 is 3.28. The minimum absolute atomic E-state index is 0.0107. The zero-order valence-electron chi connectivity index (χ0n) is 12.7. The molecule has 0 saturated heterocycles. The molecular formula is C16H18BrN3O2. The molecule has 2 rings (SSSR count). The number of rotatable bonds is 4. The van der Waals surface area contributed by atoms with Crippen LogP contribution in [0.4, 0.5) is 5.69 Å². The molecule has 0 fully saturated rings. The van der Waals surface area contributed by atoms with Crippen molar-refractivity contribution in [2.24, 2.45) is 0 Å². The zero-order chi connectivity index (χ0) is 16.3. The number of benzene rings is 1. The second-order valence-electron chi connectivity index (χ2n) is 5.21. The summed E-state index contributed by atoms with van der Waals surface area (Å²) in [6.45, 7) is 3.87. The van der Waals surface area contributed by atoms with Gasteiger partial charge in [0.25, 0.3) is 5.91 Å². The summed E-state index contributed by atoms with van der Waals surface area (Å²) in [6.07, 6.45) is 1.68. The van der Waals surface area contributed by atoms with E-state index in [2.05, 4.69) is 26.2 Å². The number of aromatic amines is 1. The first kappa shape index (κ1) is 16.3. The molecular weight excluding hydrogens is 346 g/mol. The van der Waals surface area contributed by atoms with Gasteiger partial charge in [-0.25, -0.2) is 0 Å². The Morgan fingerprint density at radius 2 is 1.91 bits per heavy atom. The molecule has 1 aromatic carbocycles. The molecule has 1 aromatic heterocycles. The number of amides is 2. The smallest absolute Gasteiger partial charge is 0.270 e. The highest BCUT2D eigenvalue weighted by Gasteiger charge is 2.17. The van der Waals surface area contributed by atoms with Crippen molar-refractivity contribution in [3.8, 4) is 0 Å². The molecule has 1 heterocycles. The van der Waals surface area contributed by atoms with E-state index < -0.39 is 0 Å². The molecule has 2 aromatic rings. The average Bonchev–Trinajstić information content (AvgIpc) is 2.88. The first-order valence-corrected chi connectivity index (χ1v) is 7.63. The lowest BCUT2D eigenvalue weighted by atomic mass is 10.1. The van der Waals surface area contributed by atoms with Gasteiger partial charge < -0.3 is 15.2 Å². The predicted molar refractivity (Wildman–Crippen MR) is 90.0 cm³/mol. The van der Waals surface area contributed by atoms with Gasteiger partial charge in [0, 0.05) is 23.4 Å². The number of carbonyl (C=O) groups is 2. The van der Waals surface area contributed by atoms with E-state index >= 15 is 0 Å². The van der Waals surface area contributed by atoms with Crippen molar-refractivity contribution in [1.82, 2.24) is 9.88 Å². The van der Waals surface area contributed by atoms with Crippen LogP contribution in [-0.4, -0.2) is 35.3 Å². The van der Waals surface area contributed by atoms with Crippen molar-refractivity contribution >= 4 is 33.4 Å². The Kier molecular flexibility index (Phi) is 5.03. The molecule has 0 aliphatic rings. The van der Waals surface area contributed by atoms with Crippen LogP contribution in [0, 0.1) is 13.8 Å². The number of aromatic nitrogens is 1. The summed E-state index contributed by atoms with van der Waals surface area (Å²) in [4.78, 5) is 28.6. The van der Waals surface area contributed by atoms with E-state index in [9.17, 15) is 9.59 Å². The normalized spacial score (nSPS) is 10.4. The lowest BCUT2D eigenvalue weighted by molar-refractivity contribution is -0.116.